The van der Waals surface area contributed by atoms with E-state index in [9.17, 15) is 0 Å². The SMILES string of the molecule is CCCc1nn(C)c2c1nc(C(C)Cl)n2C(C)CCC. The number of imidazole rings is 1. The molecule has 0 spiro atoms. The van der Waals surface area contributed by atoms with Crippen LogP contribution in [0.4, 0.5) is 0 Å². The van der Waals surface area contributed by atoms with Crippen LogP contribution in [0.15, 0.2) is 0 Å². The monoisotopic (exact) mass is 296 g/mol. The molecule has 0 aliphatic rings. The van der Waals surface area contributed by atoms with Crippen LogP contribution in [0, 0.1) is 0 Å². The summed E-state index contributed by atoms with van der Waals surface area (Å²) in [5.41, 5.74) is 3.22. The molecule has 112 valence electrons. The Bertz CT molecular complexity index is 582. The molecule has 4 nitrogen and oxygen atoms in total. The van der Waals surface area contributed by atoms with E-state index in [4.69, 9.17) is 16.6 Å². The molecule has 2 aromatic heterocycles. The molecule has 0 aliphatic heterocycles. The summed E-state index contributed by atoms with van der Waals surface area (Å²) in [5, 5.41) is 4.55. The second-order valence-corrected chi connectivity index (χ2v) is 6.24. The third kappa shape index (κ3) is 2.58. The molecule has 20 heavy (non-hydrogen) atoms. The Balaban J connectivity index is 2.65. The summed E-state index contributed by atoms with van der Waals surface area (Å²) in [6, 6.07) is 0.395. The maximum Gasteiger partial charge on any atom is 0.158 e. The van der Waals surface area contributed by atoms with Crippen molar-refractivity contribution in [2.45, 2.75) is 64.8 Å². The van der Waals surface area contributed by atoms with Crippen molar-refractivity contribution in [2.75, 3.05) is 0 Å². The third-order valence-corrected chi connectivity index (χ3v) is 3.95. The second kappa shape index (κ2) is 6.17. The van der Waals surface area contributed by atoms with E-state index in [0.717, 1.165) is 48.4 Å². The van der Waals surface area contributed by atoms with Crippen LogP contribution in [0.1, 0.15) is 69.9 Å². The van der Waals surface area contributed by atoms with Crippen LogP contribution in [-0.4, -0.2) is 19.3 Å². The van der Waals surface area contributed by atoms with Crippen LogP contribution in [0.5, 0.6) is 0 Å². The molecular weight excluding hydrogens is 272 g/mol. The molecule has 0 saturated heterocycles. The van der Waals surface area contributed by atoms with Gasteiger partial charge in [0, 0.05) is 13.1 Å². The van der Waals surface area contributed by atoms with Crippen LogP contribution >= 0.6 is 11.6 Å². The molecule has 0 aliphatic carbocycles. The zero-order valence-corrected chi connectivity index (χ0v) is 13.9. The van der Waals surface area contributed by atoms with Gasteiger partial charge in [-0.25, -0.2) is 4.98 Å². The molecule has 0 radical (unpaired) electrons. The summed E-state index contributed by atoms with van der Waals surface area (Å²) in [5.74, 6) is 0.966. The van der Waals surface area contributed by atoms with E-state index in [0.29, 0.717) is 6.04 Å². The van der Waals surface area contributed by atoms with Gasteiger partial charge in [0.1, 0.15) is 11.3 Å². The molecular formula is C15H25ClN4. The molecule has 2 atom stereocenters. The standard InChI is InChI=1S/C15H25ClN4/c1-6-8-10(3)20-14(11(4)16)17-13-12(9-7-2)18-19(5)15(13)20/h10-11H,6-9H2,1-5H3. The first-order valence-electron chi connectivity index (χ1n) is 7.58. The van der Waals surface area contributed by atoms with Gasteiger partial charge in [0.25, 0.3) is 0 Å². The van der Waals surface area contributed by atoms with Crippen molar-refractivity contribution in [2.24, 2.45) is 7.05 Å². The van der Waals surface area contributed by atoms with Crippen molar-refractivity contribution in [3.63, 3.8) is 0 Å². The normalized spacial score (nSPS) is 14.9. The van der Waals surface area contributed by atoms with Gasteiger partial charge >= 0.3 is 0 Å². The average Bonchev–Trinajstić information content (AvgIpc) is 2.90. The molecule has 0 fully saturated rings. The van der Waals surface area contributed by atoms with Crippen LogP contribution in [0.2, 0.25) is 0 Å². The van der Waals surface area contributed by atoms with E-state index >= 15 is 0 Å². The number of halogens is 1. The largest absolute Gasteiger partial charge is 0.309 e. The Kier molecular flexibility index (Phi) is 4.74. The highest BCUT2D eigenvalue weighted by atomic mass is 35.5. The smallest absolute Gasteiger partial charge is 0.158 e. The molecule has 2 rings (SSSR count). The fraction of sp³-hybridized carbons (Fsp3) is 0.733. The predicted molar refractivity (Wildman–Crippen MR) is 84.4 cm³/mol. The highest BCUT2D eigenvalue weighted by Crippen LogP contribution is 2.31. The highest BCUT2D eigenvalue weighted by molar-refractivity contribution is 6.20. The van der Waals surface area contributed by atoms with E-state index in [-0.39, 0.29) is 5.38 Å². The first-order chi connectivity index (χ1) is 9.51. The lowest BCUT2D eigenvalue weighted by atomic mass is 10.2. The van der Waals surface area contributed by atoms with Gasteiger partial charge < -0.3 is 4.57 Å². The lowest BCUT2D eigenvalue weighted by Crippen LogP contribution is -2.12. The van der Waals surface area contributed by atoms with Gasteiger partial charge in [-0.2, -0.15) is 5.10 Å². The summed E-state index contributed by atoms with van der Waals surface area (Å²) in [6.07, 6.45) is 4.31. The summed E-state index contributed by atoms with van der Waals surface area (Å²) >= 11 is 6.35. The van der Waals surface area contributed by atoms with Gasteiger partial charge in [0.2, 0.25) is 0 Å². The van der Waals surface area contributed by atoms with Crippen molar-refractivity contribution in [1.82, 2.24) is 19.3 Å². The summed E-state index contributed by atoms with van der Waals surface area (Å²) in [7, 11) is 2.00. The lowest BCUT2D eigenvalue weighted by Gasteiger charge is -2.18. The van der Waals surface area contributed by atoms with Crippen molar-refractivity contribution in [3.8, 4) is 0 Å². The minimum absolute atomic E-state index is 0.0869. The zero-order chi connectivity index (χ0) is 14.9. The van der Waals surface area contributed by atoms with E-state index in [1.165, 1.54) is 0 Å². The Morgan fingerprint density at radius 3 is 2.45 bits per heavy atom. The van der Waals surface area contributed by atoms with E-state index in [1.807, 2.05) is 18.7 Å². The minimum Gasteiger partial charge on any atom is -0.309 e. The second-order valence-electron chi connectivity index (χ2n) is 5.59. The topological polar surface area (TPSA) is 35.6 Å². The van der Waals surface area contributed by atoms with Crippen LogP contribution < -0.4 is 0 Å². The van der Waals surface area contributed by atoms with E-state index in [1.54, 1.807) is 0 Å². The Morgan fingerprint density at radius 2 is 1.90 bits per heavy atom. The average molecular weight is 297 g/mol. The number of rotatable bonds is 6. The van der Waals surface area contributed by atoms with Gasteiger partial charge in [0.15, 0.2) is 5.65 Å². The molecule has 0 aromatic carbocycles. The Morgan fingerprint density at radius 1 is 1.20 bits per heavy atom. The lowest BCUT2D eigenvalue weighted by molar-refractivity contribution is 0.484. The Labute approximate surface area is 126 Å². The summed E-state index contributed by atoms with van der Waals surface area (Å²) < 4.78 is 4.24. The molecule has 2 heterocycles. The molecule has 2 aromatic rings. The van der Waals surface area contributed by atoms with Crippen molar-refractivity contribution < 1.29 is 0 Å². The van der Waals surface area contributed by atoms with Crippen LogP contribution in [0.3, 0.4) is 0 Å². The molecule has 0 N–H and O–H groups in total. The minimum atomic E-state index is -0.0869. The van der Waals surface area contributed by atoms with Gasteiger partial charge in [-0.1, -0.05) is 26.7 Å². The number of aryl methyl sites for hydroxylation is 2. The summed E-state index contributed by atoms with van der Waals surface area (Å²) in [6.45, 7) is 8.60. The molecule has 0 saturated carbocycles. The van der Waals surface area contributed by atoms with E-state index < -0.39 is 0 Å². The van der Waals surface area contributed by atoms with Crippen LogP contribution in [0.25, 0.3) is 11.2 Å². The predicted octanol–water partition coefficient (Wildman–Crippen LogP) is 4.38. The number of fused-ring (bicyclic) bond motifs is 1. The number of hydrogen-bond acceptors (Lipinski definition) is 2. The molecule has 2 unspecified atom stereocenters. The molecule has 0 bridgehead atoms. The van der Waals surface area contributed by atoms with Crippen molar-refractivity contribution in [3.05, 3.63) is 11.5 Å². The summed E-state index contributed by atoms with van der Waals surface area (Å²) in [4.78, 5) is 4.80. The first-order valence-corrected chi connectivity index (χ1v) is 8.02. The highest BCUT2D eigenvalue weighted by Gasteiger charge is 2.23. The van der Waals surface area contributed by atoms with Crippen molar-refractivity contribution in [1.29, 1.82) is 0 Å². The third-order valence-electron chi connectivity index (χ3n) is 3.75. The van der Waals surface area contributed by atoms with Gasteiger partial charge in [-0.05, 0) is 26.7 Å². The molecule has 5 heteroatoms. The number of alkyl halides is 1. The maximum atomic E-state index is 6.35. The first kappa shape index (κ1) is 15.4. The van der Waals surface area contributed by atoms with Gasteiger partial charge in [-0.3, -0.25) is 4.68 Å². The van der Waals surface area contributed by atoms with Crippen molar-refractivity contribution >= 4 is 22.8 Å². The molecule has 0 amide bonds. The zero-order valence-electron chi connectivity index (χ0n) is 13.1. The van der Waals surface area contributed by atoms with Gasteiger partial charge in [-0.15, -0.1) is 11.6 Å². The number of hydrogen-bond donors (Lipinski definition) is 0. The van der Waals surface area contributed by atoms with Gasteiger partial charge in [0.05, 0.1) is 11.1 Å². The van der Waals surface area contributed by atoms with Crippen LogP contribution in [-0.2, 0) is 13.5 Å². The number of aromatic nitrogens is 4. The quantitative estimate of drug-likeness (QED) is 0.741. The Hall–Kier alpha value is -1.03. The maximum absolute atomic E-state index is 6.35. The fourth-order valence-corrected chi connectivity index (χ4v) is 3.04. The van der Waals surface area contributed by atoms with E-state index in [2.05, 4.69) is 30.4 Å². The number of nitrogens with zero attached hydrogens (tertiary/aromatic N) is 4. The fourth-order valence-electron chi connectivity index (χ4n) is 2.89.